The van der Waals surface area contributed by atoms with Crippen molar-refractivity contribution >= 4 is 5.91 Å². The Hall–Kier alpha value is -1.40. The second-order valence-electron chi connectivity index (χ2n) is 4.32. The fraction of sp³-hybridized carbons (Fsp3) is 0.667. The summed E-state index contributed by atoms with van der Waals surface area (Å²) in [4.78, 5) is 11.8. The highest BCUT2D eigenvalue weighted by Crippen LogP contribution is 2.06. The predicted molar refractivity (Wildman–Crippen MR) is 65.0 cm³/mol. The van der Waals surface area contributed by atoms with Crippen LogP contribution in [0.1, 0.15) is 24.8 Å². The zero-order chi connectivity index (χ0) is 12.8. The Labute approximate surface area is 106 Å². The van der Waals surface area contributed by atoms with Crippen molar-refractivity contribution in [2.45, 2.75) is 32.4 Å². The fourth-order valence-corrected chi connectivity index (χ4v) is 1.83. The minimum Gasteiger partial charge on any atom is -0.366 e. The van der Waals surface area contributed by atoms with Crippen LogP contribution >= 0.6 is 0 Å². The second kappa shape index (κ2) is 6.51. The maximum atomic E-state index is 11.8. The van der Waals surface area contributed by atoms with Crippen molar-refractivity contribution in [3.05, 3.63) is 17.5 Å². The Kier molecular flexibility index (Phi) is 4.72. The molecule has 1 saturated heterocycles. The molecule has 6 heteroatoms. The topological polar surface area (TPSA) is 76.4 Å². The molecule has 6 nitrogen and oxygen atoms in total. The van der Waals surface area contributed by atoms with Gasteiger partial charge in [0.2, 0.25) is 0 Å². The average Bonchev–Trinajstić information content (AvgIpc) is 2.85. The zero-order valence-electron chi connectivity index (χ0n) is 10.6. The minimum absolute atomic E-state index is 0.115. The molecule has 0 aromatic carbocycles. The molecule has 0 radical (unpaired) electrons. The number of nitrogens with zero attached hydrogens (tertiary/aromatic N) is 1. The third kappa shape index (κ3) is 3.54. The molecular formula is C12H19N3O3. The van der Waals surface area contributed by atoms with Crippen LogP contribution in [0, 0.1) is 0 Å². The highest BCUT2D eigenvalue weighted by atomic mass is 16.5. The van der Waals surface area contributed by atoms with Crippen molar-refractivity contribution in [2.75, 3.05) is 19.7 Å². The van der Waals surface area contributed by atoms with Crippen molar-refractivity contribution in [3.63, 3.8) is 0 Å². The van der Waals surface area contributed by atoms with Gasteiger partial charge in [-0.1, -0.05) is 18.5 Å². The molecule has 2 rings (SSSR count). The van der Waals surface area contributed by atoms with Crippen molar-refractivity contribution in [1.82, 2.24) is 15.8 Å². The number of carbonyl (C=O) groups excluding carboxylic acids is 1. The number of hydrogen-bond acceptors (Lipinski definition) is 5. The molecule has 0 bridgehead atoms. The molecule has 0 spiro atoms. The maximum absolute atomic E-state index is 11.8. The van der Waals surface area contributed by atoms with Gasteiger partial charge in [0.05, 0.1) is 18.8 Å². The molecule has 1 aliphatic rings. The summed E-state index contributed by atoms with van der Waals surface area (Å²) < 4.78 is 10.5. The monoisotopic (exact) mass is 253 g/mol. The van der Waals surface area contributed by atoms with E-state index >= 15 is 0 Å². The van der Waals surface area contributed by atoms with Crippen molar-refractivity contribution in [3.8, 4) is 0 Å². The Balaban J connectivity index is 1.77. The Morgan fingerprint density at radius 2 is 2.56 bits per heavy atom. The minimum atomic E-state index is -0.406. The third-order valence-electron chi connectivity index (χ3n) is 2.77. The number of carbonyl (C=O) groups is 1. The quantitative estimate of drug-likeness (QED) is 0.785. The van der Waals surface area contributed by atoms with Crippen LogP contribution in [-0.4, -0.2) is 36.9 Å². The molecule has 1 aromatic heterocycles. The standard InChI is InChI=1S/C12H19N3O3/c1-2-3-9-6-10(18-15-9)7-14-12(16)11-8-13-4-5-17-11/h6,11,13H,2-5,7-8H2,1H3,(H,14,16)/t11-/m0/s1. The number of morpholine rings is 1. The molecule has 1 atom stereocenters. The van der Waals surface area contributed by atoms with Crippen LogP contribution in [0.5, 0.6) is 0 Å². The molecule has 2 N–H and O–H groups in total. The number of ether oxygens (including phenoxy) is 1. The number of nitrogens with one attached hydrogen (secondary N) is 2. The van der Waals surface area contributed by atoms with Gasteiger partial charge in [0, 0.05) is 19.2 Å². The lowest BCUT2D eigenvalue weighted by Gasteiger charge is -2.22. The second-order valence-corrected chi connectivity index (χ2v) is 4.32. The summed E-state index contributed by atoms with van der Waals surface area (Å²) in [6.07, 6.45) is 1.52. The summed E-state index contributed by atoms with van der Waals surface area (Å²) >= 11 is 0. The van der Waals surface area contributed by atoms with Gasteiger partial charge in [-0.15, -0.1) is 0 Å². The van der Waals surface area contributed by atoms with Crippen molar-refractivity contribution in [1.29, 1.82) is 0 Å². The number of rotatable bonds is 5. The first-order valence-electron chi connectivity index (χ1n) is 6.34. The van der Waals surface area contributed by atoms with Gasteiger partial charge in [0.25, 0.3) is 5.91 Å². The molecule has 1 aliphatic heterocycles. The van der Waals surface area contributed by atoms with Crippen LogP contribution in [0.25, 0.3) is 0 Å². The lowest BCUT2D eigenvalue weighted by molar-refractivity contribution is -0.134. The van der Waals surface area contributed by atoms with Gasteiger partial charge in [-0.3, -0.25) is 4.79 Å². The first kappa shape index (κ1) is 13.0. The molecule has 0 saturated carbocycles. The van der Waals surface area contributed by atoms with Crippen LogP contribution in [-0.2, 0) is 22.5 Å². The lowest BCUT2D eigenvalue weighted by Crippen LogP contribution is -2.47. The first-order valence-corrected chi connectivity index (χ1v) is 6.34. The van der Waals surface area contributed by atoms with Crippen molar-refractivity contribution < 1.29 is 14.1 Å². The summed E-state index contributed by atoms with van der Waals surface area (Å²) in [6.45, 7) is 4.37. The van der Waals surface area contributed by atoms with Gasteiger partial charge in [0.1, 0.15) is 6.10 Å². The van der Waals surface area contributed by atoms with Gasteiger partial charge < -0.3 is 19.9 Å². The smallest absolute Gasteiger partial charge is 0.250 e. The summed E-state index contributed by atoms with van der Waals surface area (Å²) in [7, 11) is 0. The molecular weight excluding hydrogens is 234 g/mol. The lowest BCUT2D eigenvalue weighted by atomic mass is 10.2. The van der Waals surface area contributed by atoms with E-state index in [1.807, 2.05) is 6.07 Å². The van der Waals surface area contributed by atoms with Crippen LogP contribution in [0.3, 0.4) is 0 Å². The molecule has 0 unspecified atom stereocenters. The Bertz CT molecular complexity index is 386. The van der Waals surface area contributed by atoms with E-state index in [9.17, 15) is 4.79 Å². The molecule has 1 fully saturated rings. The van der Waals surface area contributed by atoms with Crippen LogP contribution in [0.4, 0.5) is 0 Å². The van der Waals surface area contributed by atoms with E-state index in [-0.39, 0.29) is 5.91 Å². The predicted octanol–water partition coefficient (Wildman–Crippen LogP) is 0.232. The molecule has 18 heavy (non-hydrogen) atoms. The van der Waals surface area contributed by atoms with E-state index in [4.69, 9.17) is 9.26 Å². The fourth-order valence-electron chi connectivity index (χ4n) is 1.83. The number of aryl methyl sites for hydroxylation is 1. The zero-order valence-corrected chi connectivity index (χ0v) is 10.6. The van der Waals surface area contributed by atoms with E-state index in [0.717, 1.165) is 25.1 Å². The summed E-state index contributed by atoms with van der Waals surface area (Å²) in [5.41, 5.74) is 0.928. The number of aromatic nitrogens is 1. The largest absolute Gasteiger partial charge is 0.366 e. The third-order valence-corrected chi connectivity index (χ3v) is 2.77. The first-order chi connectivity index (χ1) is 8.79. The van der Waals surface area contributed by atoms with E-state index in [1.165, 1.54) is 0 Å². The van der Waals surface area contributed by atoms with Gasteiger partial charge in [-0.25, -0.2) is 0 Å². The van der Waals surface area contributed by atoms with E-state index in [2.05, 4.69) is 22.7 Å². The number of hydrogen-bond donors (Lipinski definition) is 2. The SMILES string of the molecule is CCCc1cc(CNC(=O)[C@@H]2CNCCO2)on1. The van der Waals surface area contributed by atoms with E-state index in [0.29, 0.717) is 25.5 Å². The van der Waals surface area contributed by atoms with E-state index in [1.54, 1.807) is 0 Å². The summed E-state index contributed by atoms with van der Waals surface area (Å²) in [6, 6.07) is 1.88. The molecule has 1 aromatic rings. The Morgan fingerprint density at radius 3 is 3.28 bits per heavy atom. The van der Waals surface area contributed by atoms with Crippen LogP contribution in [0.2, 0.25) is 0 Å². The summed E-state index contributed by atoms with van der Waals surface area (Å²) in [5.74, 6) is 0.561. The van der Waals surface area contributed by atoms with Crippen LogP contribution < -0.4 is 10.6 Å². The highest BCUT2D eigenvalue weighted by Gasteiger charge is 2.21. The van der Waals surface area contributed by atoms with Gasteiger partial charge in [0.15, 0.2) is 5.76 Å². The molecule has 0 aliphatic carbocycles. The average molecular weight is 253 g/mol. The number of amides is 1. The van der Waals surface area contributed by atoms with Crippen molar-refractivity contribution in [2.24, 2.45) is 0 Å². The highest BCUT2D eigenvalue weighted by molar-refractivity contribution is 5.81. The van der Waals surface area contributed by atoms with E-state index < -0.39 is 6.10 Å². The molecule has 100 valence electrons. The van der Waals surface area contributed by atoms with Gasteiger partial charge >= 0.3 is 0 Å². The van der Waals surface area contributed by atoms with Crippen LogP contribution in [0.15, 0.2) is 10.6 Å². The Morgan fingerprint density at radius 1 is 1.67 bits per heavy atom. The van der Waals surface area contributed by atoms with Gasteiger partial charge in [-0.2, -0.15) is 0 Å². The molecule has 1 amide bonds. The summed E-state index contributed by atoms with van der Waals surface area (Å²) in [5, 5.41) is 9.83. The molecule has 2 heterocycles. The maximum Gasteiger partial charge on any atom is 0.250 e. The van der Waals surface area contributed by atoms with Gasteiger partial charge in [-0.05, 0) is 6.42 Å². The normalized spacial score (nSPS) is 19.7.